The summed E-state index contributed by atoms with van der Waals surface area (Å²) in [6, 6.07) is -0.847. The molecule has 3 N–H and O–H groups in total. The van der Waals surface area contributed by atoms with Crippen LogP contribution in [0.5, 0.6) is 0 Å². The maximum atomic E-state index is 12.9. The predicted molar refractivity (Wildman–Crippen MR) is 235 cm³/mol. The summed E-state index contributed by atoms with van der Waals surface area (Å²) in [4.78, 5) is 23.1. The first-order chi connectivity index (χ1) is 26.5. The van der Waals surface area contributed by atoms with Crippen LogP contribution >= 0.6 is 7.82 Å². The summed E-state index contributed by atoms with van der Waals surface area (Å²) >= 11 is 0. The van der Waals surface area contributed by atoms with Crippen LogP contribution in [0.4, 0.5) is 0 Å². The number of amides is 1. The van der Waals surface area contributed by atoms with Crippen LogP contribution < -0.4 is 5.32 Å². The second kappa shape index (κ2) is 38.5. The smallest absolute Gasteiger partial charge is 0.387 e. The van der Waals surface area contributed by atoms with Gasteiger partial charge >= 0.3 is 7.82 Å². The molecule has 0 heterocycles. The van der Waals surface area contributed by atoms with E-state index in [1.165, 1.54) is 141 Å². The minimum atomic E-state index is -4.34. The Morgan fingerprint density at radius 2 is 0.982 bits per heavy atom. The molecule has 9 heteroatoms. The minimum absolute atomic E-state index is 0.0611. The van der Waals surface area contributed by atoms with Crippen LogP contribution in [0.25, 0.3) is 0 Å². The number of nitrogens with one attached hydrogen (secondary N) is 1. The van der Waals surface area contributed by atoms with E-state index in [4.69, 9.17) is 9.05 Å². The second-order valence-corrected chi connectivity index (χ2v) is 18.6. The minimum Gasteiger partial charge on any atom is -0.387 e. The lowest BCUT2D eigenvalue weighted by atomic mass is 10.0. The number of carbonyl (C=O) groups excluding carboxylic acids is 1. The van der Waals surface area contributed by atoms with Crippen molar-refractivity contribution in [2.45, 2.75) is 225 Å². The van der Waals surface area contributed by atoms with E-state index < -0.39 is 20.0 Å². The molecule has 0 aliphatic heterocycles. The molecule has 0 saturated carbocycles. The molecule has 0 aliphatic rings. The number of likely N-dealkylation sites (N-methyl/N-ethyl adjacent to an activating group) is 1. The Hall–Kier alpha value is -1.02. The molecule has 0 spiro atoms. The first kappa shape index (κ1) is 54.0. The van der Waals surface area contributed by atoms with Gasteiger partial charge in [0.15, 0.2) is 0 Å². The molecule has 0 aliphatic carbocycles. The van der Waals surface area contributed by atoms with Gasteiger partial charge in [-0.3, -0.25) is 13.8 Å². The van der Waals surface area contributed by atoms with Crippen LogP contribution in [0.2, 0.25) is 0 Å². The van der Waals surface area contributed by atoms with Gasteiger partial charge in [-0.25, -0.2) is 4.57 Å². The predicted octanol–water partition coefficient (Wildman–Crippen LogP) is 12.9. The van der Waals surface area contributed by atoms with Gasteiger partial charge in [-0.1, -0.05) is 186 Å². The van der Waals surface area contributed by atoms with Crippen LogP contribution in [0, 0.1) is 0 Å². The number of allylic oxidation sites excluding steroid dienone is 3. The average molecular weight is 800 g/mol. The monoisotopic (exact) mass is 800 g/mol. The normalized spacial score (nSPS) is 14.5. The molecule has 8 nitrogen and oxygen atoms in total. The number of nitrogens with zero attached hydrogens (tertiary/aromatic N) is 1. The lowest BCUT2D eigenvalue weighted by molar-refractivity contribution is -0.870. The zero-order chi connectivity index (χ0) is 40.7. The van der Waals surface area contributed by atoms with Crippen molar-refractivity contribution < 1.29 is 32.9 Å². The summed E-state index contributed by atoms with van der Waals surface area (Å²) in [6.07, 6.45) is 45.3. The van der Waals surface area contributed by atoms with Crippen LogP contribution in [0.3, 0.4) is 0 Å². The number of hydrogen-bond acceptors (Lipinski definition) is 5. The molecule has 326 valence electrons. The maximum Gasteiger partial charge on any atom is 0.472 e. The highest BCUT2D eigenvalue weighted by Gasteiger charge is 2.27. The fourth-order valence-corrected chi connectivity index (χ4v) is 7.42. The van der Waals surface area contributed by atoms with Crippen LogP contribution in [-0.4, -0.2) is 73.4 Å². The number of phosphoric ester groups is 1. The average Bonchev–Trinajstić information content (AvgIpc) is 3.13. The molecule has 3 atom stereocenters. The third kappa shape index (κ3) is 41.0. The van der Waals surface area contributed by atoms with E-state index in [2.05, 4.69) is 31.3 Å². The molecule has 0 saturated heterocycles. The van der Waals surface area contributed by atoms with Gasteiger partial charge in [0.05, 0.1) is 39.9 Å². The van der Waals surface area contributed by atoms with Crippen molar-refractivity contribution in [1.29, 1.82) is 0 Å². The Balaban J connectivity index is 4.40. The number of aliphatic hydroxyl groups excluding tert-OH is 1. The van der Waals surface area contributed by atoms with Crippen LogP contribution in [0.15, 0.2) is 24.3 Å². The highest BCUT2D eigenvalue weighted by Crippen LogP contribution is 2.43. The molecular formula is C46H92N2O6P+. The summed E-state index contributed by atoms with van der Waals surface area (Å²) in [6.45, 7) is 4.81. The Bertz CT molecular complexity index is 953. The van der Waals surface area contributed by atoms with Crippen LogP contribution in [0.1, 0.15) is 213 Å². The molecular weight excluding hydrogens is 707 g/mol. The lowest BCUT2D eigenvalue weighted by Gasteiger charge is -2.25. The standard InChI is InChI=1S/C46H91N2O6P/c1-6-8-10-12-14-16-18-20-22-23-24-26-27-29-31-33-35-37-39-45(49)44(43-54-55(51,52)53-42-41-48(3,4)5)47-46(50)40-38-36-34-32-30-28-25-21-19-17-15-13-11-9-7-2/h21,25,37,39,44-45,49H,6-20,22-24,26-36,38,40-43H2,1-5H3,(H-,47,50,51,52)/p+1/b25-21-,39-37+. The fourth-order valence-electron chi connectivity index (χ4n) is 6.68. The summed E-state index contributed by atoms with van der Waals surface area (Å²) in [5.41, 5.74) is 0. The van der Waals surface area contributed by atoms with Crippen molar-refractivity contribution >= 4 is 13.7 Å². The van der Waals surface area contributed by atoms with E-state index >= 15 is 0 Å². The van der Waals surface area contributed by atoms with Crippen LogP contribution in [-0.2, 0) is 18.4 Å². The van der Waals surface area contributed by atoms with Crippen molar-refractivity contribution in [3.63, 3.8) is 0 Å². The largest absolute Gasteiger partial charge is 0.472 e. The van der Waals surface area contributed by atoms with E-state index in [-0.39, 0.29) is 19.1 Å². The van der Waals surface area contributed by atoms with Gasteiger partial charge in [0, 0.05) is 6.42 Å². The number of hydrogen-bond donors (Lipinski definition) is 3. The number of rotatable bonds is 42. The van der Waals surface area contributed by atoms with E-state index in [1.807, 2.05) is 27.2 Å². The SMILES string of the molecule is CCCCCCCC/C=C\CCCCCCCC(=O)NC(COP(=O)(O)OCC[N+](C)(C)C)C(O)/C=C/CCCCCCCCCCCCCCCCCC. The highest BCUT2D eigenvalue weighted by atomic mass is 31.2. The van der Waals surface area contributed by atoms with Gasteiger partial charge in [0.25, 0.3) is 0 Å². The molecule has 0 fully saturated rings. The number of quaternary nitrogens is 1. The molecule has 55 heavy (non-hydrogen) atoms. The molecule has 0 rings (SSSR count). The van der Waals surface area contributed by atoms with Gasteiger partial charge in [0.2, 0.25) is 5.91 Å². The Morgan fingerprint density at radius 1 is 0.600 bits per heavy atom. The molecule has 0 radical (unpaired) electrons. The Morgan fingerprint density at radius 3 is 1.40 bits per heavy atom. The van der Waals surface area contributed by atoms with E-state index in [9.17, 15) is 19.4 Å². The third-order valence-corrected chi connectivity index (χ3v) is 11.4. The van der Waals surface area contributed by atoms with Crippen molar-refractivity contribution in [3.8, 4) is 0 Å². The Labute approximate surface area is 341 Å². The zero-order valence-corrected chi connectivity index (χ0v) is 37.8. The molecule has 3 unspecified atom stereocenters. The number of unbranched alkanes of at least 4 members (excludes halogenated alkanes) is 27. The van der Waals surface area contributed by atoms with Gasteiger partial charge in [-0.15, -0.1) is 0 Å². The summed E-state index contributed by atoms with van der Waals surface area (Å²) < 4.78 is 23.6. The number of aliphatic hydroxyl groups is 1. The number of carbonyl (C=O) groups is 1. The van der Waals surface area contributed by atoms with Crippen molar-refractivity contribution in [1.82, 2.24) is 5.32 Å². The van der Waals surface area contributed by atoms with Gasteiger partial charge < -0.3 is 19.8 Å². The molecule has 0 aromatic rings. The van der Waals surface area contributed by atoms with Gasteiger partial charge in [0.1, 0.15) is 13.2 Å². The second-order valence-electron chi connectivity index (χ2n) is 17.1. The lowest BCUT2D eigenvalue weighted by Crippen LogP contribution is -2.45. The number of phosphoric acid groups is 1. The topological polar surface area (TPSA) is 105 Å². The summed E-state index contributed by atoms with van der Waals surface area (Å²) in [5, 5.41) is 13.8. The summed E-state index contributed by atoms with van der Waals surface area (Å²) in [7, 11) is 1.57. The molecule has 0 aromatic heterocycles. The van der Waals surface area contributed by atoms with Gasteiger partial charge in [-0.2, -0.15) is 0 Å². The first-order valence-electron chi connectivity index (χ1n) is 23.2. The summed E-state index contributed by atoms with van der Waals surface area (Å²) in [5.74, 6) is -0.185. The quantitative estimate of drug-likeness (QED) is 0.0246. The Kier molecular flexibility index (Phi) is 37.8. The van der Waals surface area contributed by atoms with E-state index in [1.54, 1.807) is 6.08 Å². The molecule has 1 amide bonds. The fraction of sp³-hybridized carbons (Fsp3) is 0.891. The van der Waals surface area contributed by atoms with E-state index in [0.29, 0.717) is 17.4 Å². The van der Waals surface area contributed by atoms with Crippen molar-refractivity contribution in [3.05, 3.63) is 24.3 Å². The zero-order valence-electron chi connectivity index (χ0n) is 36.9. The van der Waals surface area contributed by atoms with Crippen molar-refractivity contribution in [2.24, 2.45) is 0 Å². The van der Waals surface area contributed by atoms with E-state index in [0.717, 1.165) is 51.4 Å². The maximum absolute atomic E-state index is 12.9. The molecule has 0 bridgehead atoms. The highest BCUT2D eigenvalue weighted by molar-refractivity contribution is 7.47. The molecule has 0 aromatic carbocycles. The van der Waals surface area contributed by atoms with Gasteiger partial charge in [-0.05, 0) is 44.9 Å². The third-order valence-electron chi connectivity index (χ3n) is 10.4. The van der Waals surface area contributed by atoms with Crippen molar-refractivity contribution in [2.75, 3.05) is 40.9 Å². The first-order valence-corrected chi connectivity index (χ1v) is 24.7.